The van der Waals surface area contributed by atoms with Gasteiger partial charge in [0, 0.05) is 26.4 Å². The van der Waals surface area contributed by atoms with Crippen LogP contribution in [-0.2, 0) is 19.5 Å². The van der Waals surface area contributed by atoms with Gasteiger partial charge in [0.25, 0.3) is 0 Å². The predicted octanol–water partition coefficient (Wildman–Crippen LogP) is 1.04. The van der Waals surface area contributed by atoms with E-state index >= 15 is 0 Å². The number of hydrogen-bond donors (Lipinski definition) is 1. The van der Waals surface area contributed by atoms with Gasteiger partial charge in [-0.05, 0) is 12.5 Å². The van der Waals surface area contributed by atoms with Crippen LogP contribution < -0.4 is 9.88 Å². The zero-order valence-corrected chi connectivity index (χ0v) is 12.3. The minimum atomic E-state index is -4.30. The maximum absolute atomic E-state index is 13.6. The predicted molar refractivity (Wildman–Crippen MR) is 70.5 cm³/mol. The third-order valence-electron chi connectivity index (χ3n) is 2.39. The number of sulfonamides is 1. The smallest absolute Gasteiger partial charge is 0.241 e. The molecule has 0 saturated heterocycles. The number of ether oxygens (including phenoxy) is 3. The van der Waals surface area contributed by atoms with Crippen LogP contribution in [0.5, 0.6) is 5.75 Å². The van der Waals surface area contributed by atoms with E-state index in [1.165, 1.54) is 0 Å². The van der Waals surface area contributed by atoms with Gasteiger partial charge >= 0.3 is 0 Å². The van der Waals surface area contributed by atoms with Crippen molar-refractivity contribution in [3.8, 4) is 5.75 Å². The van der Waals surface area contributed by atoms with Crippen LogP contribution in [0, 0.1) is 11.6 Å². The van der Waals surface area contributed by atoms with E-state index < -0.39 is 32.3 Å². The molecule has 6 nitrogen and oxygen atoms in total. The number of benzene rings is 1. The molecule has 0 aliphatic heterocycles. The summed E-state index contributed by atoms with van der Waals surface area (Å²) in [6, 6.07) is 1.12. The Morgan fingerprint density at radius 2 is 1.86 bits per heavy atom. The van der Waals surface area contributed by atoms with E-state index in [9.17, 15) is 17.2 Å². The van der Waals surface area contributed by atoms with Crippen molar-refractivity contribution in [3.05, 3.63) is 23.8 Å². The summed E-state index contributed by atoms with van der Waals surface area (Å²) in [5, 5.41) is 4.89. The molecule has 1 aromatic rings. The van der Waals surface area contributed by atoms with Gasteiger partial charge in [0.2, 0.25) is 10.0 Å². The van der Waals surface area contributed by atoms with E-state index in [2.05, 4.69) is 0 Å². The fourth-order valence-electron chi connectivity index (χ4n) is 1.50. The van der Waals surface area contributed by atoms with Gasteiger partial charge in [0.05, 0.1) is 6.61 Å². The Morgan fingerprint density at radius 3 is 2.48 bits per heavy atom. The second-order valence-electron chi connectivity index (χ2n) is 4.07. The summed E-state index contributed by atoms with van der Waals surface area (Å²) in [4.78, 5) is -0.737. The molecule has 0 bridgehead atoms. The van der Waals surface area contributed by atoms with Crippen molar-refractivity contribution in [2.75, 3.05) is 33.5 Å². The molecule has 0 aromatic heterocycles. The van der Waals surface area contributed by atoms with Gasteiger partial charge in [-0.2, -0.15) is 0 Å². The first-order valence-corrected chi connectivity index (χ1v) is 7.62. The van der Waals surface area contributed by atoms with E-state index in [1.54, 1.807) is 7.11 Å². The van der Waals surface area contributed by atoms with E-state index in [-0.39, 0.29) is 13.2 Å². The van der Waals surface area contributed by atoms with Gasteiger partial charge in [0.15, 0.2) is 11.6 Å². The highest BCUT2D eigenvalue weighted by Crippen LogP contribution is 2.27. The maximum Gasteiger partial charge on any atom is 0.241 e. The van der Waals surface area contributed by atoms with Crippen LogP contribution in [0.1, 0.15) is 6.42 Å². The average Bonchev–Trinajstić information content (AvgIpc) is 2.38. The molecule has 0 radical (unpaired) electrons. The summed E-state index contributed by atoms with van der Waals surface area (Å²) in [6.07, 6.45) is 0.684. The zero-order valence-electron chi connectivity index (χ0n) is 11.5. The van der Waals surface area contributed by atoms with E-state index in [0.29, 0.717) is 31.8 Å². The molecule has 0 unspecified atom stereocenters. The molecule has 0 amide bonds. The lowest BCUT2D eigenvalue weighted by molar-refractivity contribution is 0.0789. The SMILES string of the molecule is COCCCOCCOc1c(F)cc(F)cc1S(N)(=O)=O. The van der Waals surface area contributed by atoms with E-state index in [4.69, 9.17) is 19.3 Å². The Balaban J connectivity index is 2.63. The molecule has 21 heavy (non-hydrogen) atoms. The minimum Gasteiger partial charge on any atom is -0.487 e. The van der Waals surface area contributed by atoms with Crippen molar-refractivity contribution in [2.24, 2.45) is 5.14 Å². The number of methoxy groups -OCH3 is 1. The summed E-state index contributed by atoms with van der Waals surface area (Å²) in [6.45, 7) is 0.983. The van der Waals surface area contributed by atoms with Crippen LogP contribution in [0.4, 0.5) is 8.78 Å². The first-order valence-electron chi connectivity index (χ1n) is 6.07. The van der Waals surface area contributed by atoms with Gasteiger partial charge in [-0.15, -0.1) is 0 Å². The number of halogens is 2. The van der Waals surface area contributed by atoms with Crippen molar-refractivity contribution >= 4 is 10.0 Å². The van der Waals surface area contributed by atoms with Gasteiger partial charge in [0.1, 0.15) is 17.3 Å². The summed E-state index contributed by atoms with van der Waals surface area (Å²) in [5.74, 6) is -2.81. The highest BCUT2D eigenvalue weighted by Gasteiger charge is 2.21. The van der Waals surface area contributed by atoms with Crippen LogP contribution in [0.3, 0.4) is 0 Å². The minimum absolute atomic E-state index is 0.0992. The van der Waals surface area contributed by atoms with Crippen molar-refractivity contribution in [3.63, 3.8) is 0 Å². The molecule has 0 fully saturated rings. The molecular weight excluding hydrogens is 308 g/mol. The van der Waals surface area contributed by atoms with E-state index in [0.717, 1.165) is 0 Å². The van der Waals surface area contributed by atoms with Crippen molar-refractivity contribution in [1.29, 1.82) is 0 Å². The molecule has 120 valence electrons. The third-order valence-corrected chi connectivity index (χ3v) is 3.31. The Morgan fingerprint density at radius 1 is 1.14 bits per heavy atom. The molecule has 0 aliphatic carbocycles. The van der Waals surface area contributed by atoms with Gasteiger partial charge in [-0.1, -0.05) is 0 Å². The summed E-state index contributed by atoms with van der Waals surface area (Å²) < 4.78 is 64.2. The number of primary sulfonamides is 1. The van der Waals surface area contributed by atoms with Crippen molar-refractivity contribution in [2.45, 2.75) is 11.3 Å². The molecule has 1 aromatic carbocycles. The molecule has 0 aliphatic rings. The molecule has 0 spiro atoms. The first kappa shape index (κ1) is 17.8. The first-order chi connectivity index (χ1) is 9.86. The second-order valence-corrected chi connectivity index (χ2v) is 5.60. The highest BCUT2D eigenvalue weighted by molar-refractivity contribution is 7.89. The summed E-state index contributed by atoms with van der Waals surface area (Å²) in [5.41, 5.74) is 0. The Labute approximate surface area is 121 Å². The molecule has 9 heteroatoms. The van der Waals surface area contributed by atoms with Crippen LogP contribution in [0.25, 0.3) is 0 Å². The summed E-state index contributed by atoms with van der Waals surface area (Å²) in [7, 11) is -2.73. The number of hydrogen-bond acceptors (Lipinski definition) is 5. The molecule has 0 atom stereocenters. The Bertz CT molecular complexity index is 565. The molecular formula is C12H17F2NO5S. The van der Waals surface area contributed by atoms with Crippen LogP contribution in [0.2, 0.25) is 0 Å². The topological polar surface area (TPSA) is 87.8 Å². The van der Waals surface area contributed by atoms with Crippen LogP contribution in [0.15, 0.2) is 17.0 Å². The Hall–Kier alpha value is -1.29. The standard InChI is InChI=1S/C12H17F2NO5S/c1-18-3-2-4-19-5-6-20-12-10(14)7-9(13)8-11(12)21(15,16)17/h7-8H,2-6H2,1H3,(H2,15,16,17). The Kier molecular flexibility index (Phi) is 6.96. The third kappa shape index (κ3) is 5.92. The zero-order chi connectivity index (χ0) is 15.9. The lowest BCUT2D eigenvalue weighted by Gasteiger charge is -2.11. The number of rotatable bonds is 9. The lowest BCUT2D eigenvalue weighted by atomic mass is 10.3. The van der Waals surface area contributed by atoms with Gasteiger partial charge in [-0.3, -0.25) is 0 Å². The van der Waals surface area contributed by atoms with Crippen molar-refractivity contribution < 1.29 is 31.4 Å². The largest absolute Gasteiger partial charge is 0.487 e. The van der Waals surface area contributed by atoms with Crippen LogP contribution in [-0.4, -0.2) is 42.0 Å². The quantitative estimate of drug-likeness (QED) is 0.686. The van der Waals surface area contributed by atoms with Crippen molar-refractivity contribution in [1.82, 2.24) is 0 Å². The second kappa shape index (κ2) is 8.23. The summed E-state index contributed by atoms with van der Waals surface area (Å²) >= 11 is 0. The highest BCUT2D eigenvalue weighted by atomic mass is 32.2. The fraction of sp³-hybridized carbons (Fsp3) is 0.500. The number of nitrogens with two attached hydrogens (primary N) is 1. The average molecular weight is 325 g/mol. The molecule has 2 N–H and O–H groups in total. The monoisotopic (exact) mass is 325 g/mol. The van der Waals surface area contributed by atoms with E-state index in [1.807, 2.05) is 0 Å². The maximum atomic E-state index is 13.6. The normalized spacial score (nSPS) is 11.6. The van der Waals surface area contributed by atoms with Gasteiger partial charge in [-0.25, -0.2) is 22.3 Å². The molecule has 0 heterocycles. The fourth-order valence-corrected chi connectivity index (χ4v) is 2.19. The van der Waals surface area contributed by atoms with Gasteiger partial charge < -0.3 is 14.2 Å². The van der Waals surface area contributed by atoms with Crippen LogP contribution >= 0.6 is 0 Å². The molecule has 0 saturated carbocycles. The lowest BCUT2D eigenvalue weighted by Crippen LogP contribution is -2.17. The molecule has 1 rings (SSSR count).